The van der Waals surface area contributed by atoms with Crippen molar-refractivity contribution < 1.29 is 14.6 Å². The lowest BCUT2D eigenvalue weighted by Crippen LogP contribution is -2.24. The van der Waals surface area contributed by atoms with Gasteiger partial charge in [-0.15, -0.1) is 0 Å². The zero-order valence-corrected chi connectivity index (χ0v) is 11.4. The van der Waals surface area contributed by atoms with E-state index in [0.717, 1.165) is 23.7 Å². The van der Waals surface area contributed by atoms with Crippen LogP contribution >= 0.6 is 15.9 Å². The normalized spacial score (nSPS) is 12.4. The Morgan fingerprint density at radius 3 is 2.41 bits per heavy atom. The molecule has 0 aliphatic heterocycles. The third-order valence-corrected chi connectivity index (χ3v) is 3.16. The molecule has 1 aromatic rings. The summed E-state index contributed by atoms with van der Waals surface area (Å²) in [5.41, 5.74) is 2.26. The van der Waals surface area contributed by atoms with Crippen LogP contribution in [0.15, 0.2) is 24.3 Å². The highest BCUT2D eigenvalue weighted by molar-refractivity contribution is 9.09. The first-order chi connectivity index (χ1) is 8.17. The fourth-order valence-electron chi connectivity index (χ4n) is 1.60. The monoisotopic (exact) mass is 300 g/mol. The van der Waals surface area contributed by atoms with Gasteiger partial charge >= 0.3 is 5.97 Å². The Morgan fingerprint density at radius 1 is 1.35 bits per heavy atom. The SMILES string of the molecule is CO[C@@H](Cc1ccc(CCCBr)cc1)C(=O)O. The van der Waals surface area contributed by atoms with E-state index in [1.807, 2.05) is 24.3 Å². The number of benzene rings is 1. The van der Waals surface area contributed by atoms with Gasteiger partial charge < -0.3 is 9.84 Å². The van der Waals surface area contributed by atoms with Crippen LogP contribution in [0, 0.1) is 0 Å². The molecule has 0 aliphatic rings. The number of carboxylic acid groups (broad SMARTS) is 1. The van der Waals surface area contributed by atoms with Crippen LogP contribution in [0.4, 0.5) is 0 Å². The number of aryl methyl sites for hydroxylation is 1. The Balaban J connectivity index is 2.58. The second-order valence-electron chi connectivity index (χ2n) is 3.88. The Labute approximate surface area is 110 Å². The van der Waals surface area contributed by atoms with Crippen molar-refractivity contribution in [3.8, 4) is 0 Å². The van der Waals surface area contributed by atoms with Crippen molar-refractivity contribution >= 4 is 21.9 Å². The first kappa shape index (κ1) is 14.2. The van der Waals surface area contributed by atoms with E-state index in [0.29, 0.717) is 6.42 Å². The molecule has 1 N–H and O–H groups in total. The van der Waals surface area contributed by atoms with Crippen LogP contribution in [0.25, 0.3) is 0 Å². The molecule has 0 fully saturated rings. The lowest BCUT2D eigenvalue weighted by atomic mass is 10.0. The number of rotatable bonds is 7. The van der Waals surface area contributed by atoms with Gasteiger partial charge in [-0.05, 0) is 24.0 Å². The molecule has 0 saturated carbocycles. The Hall–Kier alpha value is -0.870. The Bertz CT molecular complexity index is 348. The van der Waals surface area contributed by atoms with Crippen LogP contribution in [0.3, 0.4) is 0 Å². The molecule has 0 aliphatic carbocycles. The number of carboxylic acids is 1. The summed E-state index contributed by atoms with van der Waals surface area (Å²) in [6.45, 7) is 0. The van der Waals surface area contributed by atoms with Gasteiger partial charge in [0.05, 0.1) is 0 Å². The first-order valence-electron chi connectivity index (χ1n) is 5.56. The minimum absolute atomic E-state index is 0.407. The molecule has 1 atom stereocenters. The molecule has 0 aromatic heterocycles. The third-order valence-electron chi connectivity index (χ3n) is 2.60. The summed E-state index contributed by atoms with van der Waals surface area (Å²) in [6, 6.07) is 8.04. The van der Waals surface area contributed by atoms with Crippen molar-refractivity contribution in [3.63, 3.8) is 0 Å². The molecule has 1 aromatic carbocycles. The molecule has 0 heterocycles. The molecule has 0 unspecified atom stereocenters. The largest absolute Gasteiger partial charge is 0.479 e. The number of ether oxygens (including phenoxy) is 1. The van der Waals surface area contributed by atoms with Gasteiger partial charge in [0.25, 0.3) is 0 Å². The lowest BCUT2D eigenvalue weighted by molar-refractivity contribution is -0.148. The number of alkyl halides is 1. The van der Waals surface area contributed by atoms with Gasteiger partial charge in [-0.3, -0.25) is 0 Å². The zero-order valence-electron chi connectivity index (χ0n) is 9.86. The van der Waals surface area contributed by atoms with Crippen molar-refractivity contribution in [2.75, 3.05) is 12.4 Å². The summed E-state index contributed by atoms with van der Waals surface area (Å²) in [4.78, 5) is 10.8. The molecule has 17 heavy (non-hydrogen) atoms. The van der Waals surface area contributed by atoms with Crippen LogP contribution in [-0.4, -0.2) is 29.6 Å². The summed E-state index contributed by atoms with van der Waals surface area (Å²) in [5, 5.41) is 9.87. The molecule has 0 spiro atoms. The Kier molecular flexibility index (Phi) is 6.22. The summed E-state index contributed by atoms with van der Waals surface area (Å²) >= 11 is 3.40. The summed E-state index contributed by atoms with van der Waals surface area (Å²) < 4.78 is 4.91. The molecule has 0 amide bonds. The van der Waals surface area contributed by atoms with Crippen LogP contribution in [0.1, 0.15) is 17.5 Å². The van der Waals surface area contributed by atoms with E-state index < -0.39 is 12.1 Å². The third kappa shape index (κ3) is 4.88. The number of aliphatic carboxylic acids is 1. The number of halogens is 1. The predicted octanol–water partition coefficient (Wildman–Crippen LogP) is 2.66. The molecule has 0 bridgehead atoms. The van der Waals surface area contributed by atoms with Gasteiger partial charge in [-0.25, -0.2) is 4.79 Å². The quantitative estimate of drug-likeness (QED) is 0.788. The number of methoxy groups -OCH3 is 1. The summed E-state index contributed by atoms with van der Waals surface area (Å²) in [5.74, 6) is -0.920. The maximum atomic E-state index is 10.8. The fraction of sp³-hybridized carbons (Fsp3) is 0.462. The van der Waals surface area contributed by atoms with E-state index in [-0.39, 0.29) is 0 Å². The highest BCUT2D eigenvalue weighted by Gasteiger charge is 2.16. The molecule has 1 rings (SSSR count). The van der Waals surface area contributed by atoms with Crippen LogP contribution in [-0.2, 0) is 22.4 Å². The van der Waals surface area contributed by atoms with Gasteiger partial charge in [0.1, 0.15) is 0 Å². The standard InChI is InChI=1S/C13H17BrO3/c1-17-12(13(15)16)9-11-6-4-10(5-7-11)3-2-8-14/h4-7,12H,2-3,8-9H2,1H3,(H,15,16)/t12-/m0/s1. The molecule has 94 valence electrons. The Morgan fingerprint density at radius 2 is 1.94 bits per heavy atom. The highest BCUT2D eigenvalue weighted by Crippen LogP contribution is 2.10. The van der Waals surface area contributed by atoms with Crippen LogP contribution < -0.4 is 0 Å². The zero-order chi connectivity index (χ0) is 12.7. The average Bonchev–Trinajstić information content (AvgIpc) is 2.34. The van der Waals surface area contributed by atoms with E-state index in [2.05, 4.69) is 15.9 Å². The highest BCUT2D eigenvalue weighted by atomic mass is 79.9. The van der Waals surface area contributed by atoms with Crippen LogP contribution in [0.5, 0.6) is 0 Å². The van der Waals surface area contributed by atoms with E-state index in [4.69, 9.17) is 9.84 Å². The van der Waals surface area contributed by atoms with Crippen LogP contribution in [0.2, 0.25) is 0 Å². The van der Waals surface area contributed by atoms with Crippen molar-refractivity contribution in [2.45, 2.75) is 25.4 Å². The minimum atomic E-state index is -0.920. The molecule has 0 saturated heterocycles. The van der Waals surface area contributed by atoms with E-state index >= 15 is 0 Å². The van der Waals surface area contributed by atoms with Crippen molar-refractivity contribution in [3.05, 3.63) is 35.4 Å². The second kappa shape index (κ2) is 7.45. The van der Waals surface area contributed by atoms with Crippen molar-refractivity contribution in [1.82, 2.24) is 0 Å². The number of hydrogen-bond donors (Lipinski definition) is 1. The lowest BCUT2D eigenvalue weighted by Gasteiger charge is -2.10. The van der Waals surface area contributed by atoms with Gasteiger partial charge in [0.15, 0.2) is 6.10 Å². The summed E-state index contributed by atoms with van der Waals surface area (Å²) in [7, 11) is 1.42. The minimum Gasteiger partial charge on any atom is -0.479 e. The molecule has 0 radical (unpaired) electrons. The van der Waals surface area contributed by atoms with Gasteiger partial charge in [0, 0.05) is 18.9 Å². The van der Waals surface area contributed by atoms with E-state index in [1.54, 1.807) is 0 Å². The molecular weight excluding hydrogens is 284 g/mol. The molecule has 4 heteroatoms. The molecule has 3 nitrogen and oxygen atoms in total. The average molecular weight is 301 g/mol. The van der Waals surface area contributed by atoms with E-state index in [9.17, 15) is 4.79 Å². The topological polar surface area (TPSA) is 46.5 Å². The van der Waals surface area contributed by atoms with E-state index in [1.165, 1.54) is 12.7 Å². The van der Waals surface area contributed by atoms with Crippen molar-refractivity contribution in [2.24, 2.45) is 0 Å². The maximum Gasteiger partial charge on any atom is 0.333 e. The predicted molar refractivity (Wildman–Crippen MR) is 70.7 cm³/mol. The van der Waals surface area contributed by atoms with Gasteiger partial charge in [-0.1, -0.05) is 40.2 Å². The van der Waals surface area contributed by atoms with Gasteiger partial charge in [0.2, 0.25) is 0 Å². The second-order valence-corrected chi connectivity index (χ2v) is 4.67. The fourth-order valence-corrected chi connectivity index (χ4v) is 1.88. The summed E-state index contributed by atoms with van der Waals surface area (Å²) in [6.07, 6.45) is 1.79. The first-order valence-corrected chi connectivity index (χ1v) is 6.69. The smallest absolute Gasteiger partial charge is 0.333 e. The van der Waals surface area contributed by atoms with Gasteiger partial charge in [-0.2, -0.15) is 0 Å². The van der Waals surface area contributed by atoms with Crippen molar-refractivity contribution in [1.29, 1.82) is 0 Å². The number of carbonyl (C=O) groups is 1. The number of hydrogen-bond acceptors (Lipinski definition) is 2. The maximum absolute atomic E-state index is 10.8. The molecular formula is C13H17BrO3.